The molecule has 0 aliphatic carbocycles. The molecule has 0 saturated carbocycles. The predicted molar refractivity (Wildman–Crippen MR) is 61.0 cm³/mol. The smallest absolute Gasteiger partial charge is 0.326 e. The summed E-state index contributed by atoms with van der Waals surface area (Å²) >= 11 is 0. The van der Waals surface area contributed by atoms with Crippen LogP contribution in [0.4, 0.5) is 5.69 Å². The highest BCUT2D eigenvalue weighted by Crippen LogP contribution is 2.17. The van der Waals surface area contributed by atoms with Crippen molar-refractivity contribution < 1.29 is 9.90 Å². The molecule has 1 rings (SSSR count). The third kappa shape index (κ3) is 2.74. The maximum atomic E-state index is 11.0. The number of anilines is 1. The Kier molecular flexibility index (Phi) is 3.90. The van der Waals surface area contributed by atoms with E-state index in [-0.39, 0.29) is 5.92 Å². The minimum Gasteiger partial charge on any atom is -0.480 e. The highest BCUT2D eigenvalue weighted by molar-refractivity contribution is 5.78. The van der Waals surface area contributed by atoms with Gasteiger partial charge in [0.15, 0.2) is 0 Å². The molecule has 0 aliphatic rings. The summed E-state index contributed by atoms with van der Waals surface area (Å²) in [5.41, 5.74) is 1.01. The van der Waals surface area contributed by atoms with E-state index in [1.807, 2.05) is 19.9 Å². The lowest BCUT2D eigenvalue weighted by molar-refractivity contribution is -0.138. The second-order valence-electron chi connectivity index (χ2n) is 3.86. The van der Waals surface area contributed by atoms with Crippen LogP contribution in [0.15, 0.2) is 24.3 Å². The van der Waals surface area contributed by atoms with Gasteiger partial charge in [0.05, 0.1) is 11.3 Å². The number of carbonyl (C=O) groups is 1. The maximum Gasteiger partial charge on any atom is 0.326 e. The molecule has 84 valence electrons. The Labute approximate surface area is 94.5 Å². The molecule has 1 aromatic carbocycles. The number of rotatable bonds is 4. The zero-order valence-corrected chi connectivity index (χ0v) is 9.27. The average molecular weight is 218 g/mol. The van der Waals surface area contributed by atoms with E-state index in [0.29, 0.717) is 11.3 Å². The predicted octanol–water partition coefficient (Wildman–Crippen LogP) is 2.08. The average Bonchev–Trinajstić information content (AvgIpc) is 2.25. The fourth-order valence-corrected chi connectivity index (χ4v) is 1.39. The summed E-state index contributed by atoms with van der Waals surface area (Å²) in [6.07, 6.45) is 0. The molecule has 0 aromatic heterocycles. The molecule has 2 N–H and O–H groups in total. The van der Waals surface area contributed by atoms with Crippen LogP contribution in [-0.2, 0) is 4.79 Å². The van der Waals surface area contributed by atoms with Gasteiger partial charge in [-0.15, -0.1) is 0 Å². The Bertz CT molecular complexity index is 421. The fraction of sp³-hybridized carbons (Fsp3) is 0.333. The lowest BCUT2D eigenvalue weighted by Gasteiger charge is -2.19. The largest absolute Gasteiger partial charge is 0.480 e. The number of nitrogens with zero attached hydrogens (tertiary/aromatic N) is 1. The van der Waals surface area contributed by atoms with Crippen LogP contribution in [0.5, 0.6) is 0 Å². The molecule has 4 nitrogen and oxygen atoms in total. The van der Waals surface area contributed by atoms with Crippen molar-refractivity contribution in [3.05, 3.63) is 29.8 Å². The molecular formula is C12H14N2O2. The first kappa shape index (κ1) is 12.1. The van der Waals surface area contributed by atoms with Crippen LogP contribution in [0, 0.1) is 17.2 Å². The second-order valence-corrected chi connectivity index (χ2v) is 3.86. The number of para-hydroxylation sites is 1. The van der Waals surface area contributed by atoms with Gasteiger partial charge in [0.2, 0.25) is 0 Å². The Morgan fingerprint density at radius 3 is 2.56 bits per heavy atom. The Morgan fingerprint density at radius 2 is 2.06 bits per heavy atom. The van der Waals surface area contributed by atoms with E-state index in [9.17, 15) is 4.79 Å². The van der Waals surface area contributed by atoms with Crippen LogP contribution in [0.25, 0.3) is 0 Å². The van der Waals surface area contributed by atoms with Gasteiger partial charge in [-0.05, 0) is 18.1 Å². The fourth-order valence-electron chi connectivity index (χ4n) is 1.39. The van der Waals surface area contributed by atoms with Crippen molar-refractivity contribution in [1.29, 1.82) is 5.26 Å². The molecule has 0 spiro atoms. The zero-order valence-electron chi connectivity index (χ0n) is 9.27. The van der Waals surface area contributed by atoms with Crippen LogP contribution < -0.4 is 5.32 Å². The van der Waals surface area contributed by atoms with Crippen molar-refractivity contribution in [3.8, 4) is 6.07 Å². The van der Waals surface area contributed by atoms with Crippen molar-refractivity contribution in [2.24, 2.45) is 5.92 Å². The lowest BCUT2D eigenvalue weighted by Crippen LogP contribution is -2.34. The van der Waals surface area contributed by atoms with E-state index < -0.39 is 12.0 Å². The van der Waals surface area contributed by atoms with Gasteiger partial charge in [0, 0.05) is 0 Å². The highest BCUT2D eigenvalue weighted by atomic mass is 16.4. The molecule has 0 amide bonds. The molecule has 1 unspecified atom stereocenters. The summed E-state index contributed by atoms with van der Waals surface area (Å²) in [4.78, 5) is 11.0. The van der Waals surface area contributed by atoms with Gasteiger partial charge >= 0.3 is 5.97 Å². The van der Waals surface area contributed by atoms with Crippen molar-refractivity contribution >= 4 is 11.7 Å². The quantitative estimate of drug-likeness (QED) is 0.811. The van der Waals surface area contributed by atoms with Gasteiger partial charge in [-0.3, -0.25) is 0 Å². The van der Waals surface area contributed by atoms with Crippen LogP contribution in [-0.4, -0.2) is 17.1 Å². The summed E-state index contributed by atoms with van der Waals surface area (Å²) in [6, 6.07) is 8.21. The number of carboxylic acid groups (broad SMARTS) is 1. The number of hydrogen-bond acceptors (Lipinski definition) is 3. The number of hydrogen-bond donors (Lipinski definition) is 2. The third-order valence-electron chi connectivity index (χ3n) is 2.29. The normalized spacial score (nSPS) is 11.9. The maximum absolute atomic E-state index is 11.0. The first-order valence-corrected chi connectivity index (χ1v) is 5.04. The van der Waals surface area contributed by atoms with Gasteiger partial charge < -0.3 is 10.4 Å². The van der Waals surface area contributed by atoms with Gasteiger partial charge in [-0.25, -0.2) is 4.79 Å². The Morgan fingerprint density at radius 1 is 1.44 bits per heavy atom. The van der Waals surface area contributed by atoms with Crippen LogP contribution in [0.3, 0.4) is 0 Å². The third-order valence-corrected chi connectivity index (χ3v) is 2.29. The number of carboxylic acids is 1. The first-order valence-electron chi connectivity index (χ1n) is 5.04. The monoisotopic (exact) mass is 218 g/mol. The molecule has 16 heavy (non-hydrogen) atoms. The SMILES string of the molecule is CC(C)C(Nc1ccccc1C#N)C(=O)O. The molecule has 0 radical (unpaired) electrons. The van der Waals surface area contributed by atoms with E-state index in [4.69, 9.17) is 10.4 Å². The molecule has 1 atom stereocenters. The molecule has 0 saturated heterocycles. The van der Waals surface area contributed by atoms with Gasteiger partial charge in [0.25, 0.3) is 0 Å². The van der Waals surface area contributed by atoms with Crippen molar-refractivity contribution in [2.45, 2.75) is 19.9 Å². The Balaban J connectivity index is 2.94. The summed E-state index contributed by atoms with van der Waals surface area (Å²) in [7, 11) is 0. The standard InChI is InChI=1S/C12H14N2O2/c1-8(2)11(12(15)16)14-10-6-4-3-5-9(10)7-13/h3-6,8,11,14H,1-2H3,(H,15,16). The van der Waals surface area contributed by atoms with Gasteiger partial charge in [-0.2, -0.15) is 5.26 Å². The zero-order chi connectivity index (χ0) is 12.1. The lowest BCUT2D eigenvalue weighted by atomic mass is 10.0. The van der Waals surface area contributed by atoms with Gasteiger partial charge in [0.1, 0.15) is 12.1 Å². The summed E-state index contributed by atoms with van der Waals surface area (Å²) in [6.45, 7) is 3.64. The van der Waals surface area contributed by atoms with Crippen molar-refractivity contribution in [1.82, 2.24) is 0 Å². The van der Waals surface area contributed by atoms with E-state index in [2.05, 4.69) is 5.32 Å². The number of benzene rings is 1. The number of nitrogens with one attached hydrogen (secondary N) is 1. The molecule has 0 fully saturated rings. The minimum absolute atomic E-state index is 0.0516. The summed E-state index contributed by atoms with van der Waals surface area (Å²) in [5.74, 6) is -0.966. The van der Waals surface area contributed by atoms with Crippen LogP contribution >= 0.6 is 0 Å². The van der Waals surface area contributed by atoms with E-state index in [1.54, 1.807) is 24.3 Å². The second kappa shape index (κ2) is 5.17. The van der Waals surface area contributed by atoms with Crippen LogP contribution in [0.2, 0.25) is 0 Å². The summed E-state index contributed by atoms with van der Waals surface area (Å²) < 4.78 is 0. The van der Waals surface area contributed by atoms with E-state index >= 15 is 0 Å². The minimum atomic E-state index is -0.914. The number of nitriles is 1. The van der Waals surface area contributed by atoms with E-state index in [1.165, 1.54) is 0 Å². The van der Waals surface area contributed by atoms with Crippen molar-refractivity contribution in [2.75, 3.05) is 5.32 Å². The topological polar surface area (TPSA) is 73.1 Å². The van der Waals surface area contributed by atoms with Crippen molar-refractivity contribution in [3.63, 3.8) is 0 Å². The molecular weight excluding hydrogens is 204 g/mol. The Hall–Kier alpha value is -2.02. The first-order chi connectivity index (χ1) is 7.56. The summed E-state index contributed by atoms with van der Waals surface area (Å²) in [5, 5.41) is 20.8. The molecule has 4 heteroatoms. The molecule has 0 bridgehead atoms. The molecule has 0 heterocycles. The molecule has 1 aromatic rings. The highest BCUT2D eigenvalue weighted by Gasteiger charge is 2.21. The number of aliphatic carboxylic acids is 1. The molecule has 0 aliphatic heterocycles. The van der Waals surface area contributed by atoms with E-state index in [0.717, 1.165) is 0 Å². The van der Waals surface area contributed by atoms with Gasteiger partial charge in [-0.1, -0.05) is 26.0 Å². The van der Waals surface area contributed by atoms with Crippen LogP contribution in [0.1, 0.15) is 19.4 Å².